The van der Waals surface area contributed by atoms with Crippen molar-refractivity contribution < 1.29 is 28.8 Å². The van der Waals surface area contributed by atoms with Gasteiger partial charge in [-0.3, -0.25) is 14.8 Å². The first-order valence-electron chi connectivity index (χ1n) is 9.34. The molecule has 29 heavy (non-hydrogen) atoms. The van der Waals surface area contributed by atoms with Crippen molar-refractivity contribution in [3.8, 4) is 11.7 Å². The Hall–Kier alpha value is -2.72. The minimum atomic E-state index is -1.70. The van der Waals surface area contributed by atoms with E-state index in [1.54, 1.807) is 12.1 Å². The van der Waals surface area contributed by atoms with Crippen molar-refractivity contribution in [2.75, 3.05) is 0 Å². The molecule has 0 saturated carbocycles. The van der Waals surface area contributed by atoms with Gasteiger partial charge in [-0.25, -0.2) is 5.48 Å². The first kappa shape index (κ1) is 22.6. The van der Waals surface area contributed by atoms with Gasteiger partial charge in [0.05, 0.1) is 18.2 Å². The molecule has 3 atom stereocenters. The van der Waals surface area contributed by atoms with Crippen LogP contribution in [-0.4, -0.2) is 38.4 Å². The van der Waals surface area contributed by atoms with Crippen LogP contribution in [0.3, 0.4) is 0 Å². The van der Waals surface area contributed by atoms with E-state index in [0.717, 1.165) is 0 Å². The number of rotatable bonds is 8. The largest absolute Gasteiger partial charge is 0.459 e. The molecule has 0 aromatic carbocycles. The molecule has 0 aliphatic heterocycles. The molecule has 4 N–H and O–H groups in total. The van der Waals surface area contributed by atoms with Gasteiger partial charge in [0.15, 0.2) is 11.6 Å². The Morgan fingerprint density at radius 3 is 2.45 bits per heavy atom. The molecule has 0 aliphatic rings. The van der Waals surface area contributed by atoms with E-state index < -0.39 is 35.3 Å². The first-order chi connectivity index (χ1) is 13.5. The Balaban J connectivity index is 2.28. The quantitative estimate of drug-likeness (QED) is 0.383. The highest BCUT2D eigenvalue weighted by atomic mass is 16.5. The lowest BCUT2D eigenvalue weighted by Crippen LogP contribution is -2.48. The molecule has 0 radical (unpaired) electrons. The van der Waals surface area contributed by atoms with E-state index >= 15 is 0 Å². The average molecular weight is 408 g/mol. The van der Waals surface area contributed by atoms with Crippen LogP contribution >= 0.6 is 0 Å². The van der Waals surface area contributed by atoms with Crippen molar-refractivity contribution in [3.63, 3.8) is 0 Å². The second kappa shape index (κ2) is 9.19. The molecular formula is C19H28N4O6. The summed E-state index contributed by atoms with van der Waals surface area (Å²) in [6.45, 7) is 9.37. The zero-order chi connectivity index (χ0) is 21.8. The van der Waals surface area contributed by atoms with Gasteiger partial charge in [-0.05, 0) is 29.9 Å². The Morgan fingerprint density at radius 1 is 1.24 bits per heavy atom. The molecule has 0 fully saturated rings. The second-order valence-corrected chi connectivity index (χ2v) is 8.40. The van der Waals surface area contributed by atoms with E-state index in [1.807, 2.05) is 34.6 Å². The van der Waals surface area contributed by atoms with E-state index in [4.69, 9.17) is 14.1 Å². The van der Waals surface area contributed by atoms with Gasteiger partial charge >= 0.3 is 0 Å². The summed E-state index contributed by atoms with van der Waals surface area (Å²) in [6.07, 6.45) is 0.0139. The summed E-state index contributed by atoms with van der Waals surface area (Å²) in [5.41, 5.74) is 0.881. The van der Waals surface area contributed by atoms with Crippen LogP contribution in [0.1, 0.15) is 52.9 Å². The van der Waals surface area contributed by atoms with Crippen molar-refractivity contribution >= 4 is 11.8 Å². The summed E-state index contributed by atoms with van der Waals surface area (Å²) in [6, 6.07) is 2.69. The molecule has 160 valence electrons. The number of carbonyl (C=O) groups excluding carboxylic acids is 2. The molecule has 2 aromatic rings. The summed E-state index contributed by atoms with van der Waals surface area (Å²) in [5.74, 6) is -1.83. The number of hydroxylamine groups is 1. The van der Waals surface area contributed by atoms with Crippen LogP contribution in [0.25, 0.3) is 11.7 Å². The SMILES string of the molecule is CC(C)C[C@@H](C(=O)N[C@H](c1noc(-c2ccco2)n1)C(C)(C)C)[C@H](O)C(=O)NO. The summed E-state index contributed by atoms with van der Waals surface area (Å²) in [5, 5.41) is 25.8. The monoisotopic (exact) mass is 408 g/mol. The number of hydrogen-bond acceptors (Lipinski definition) is 8. The van der Waals surface area contributed by atoms with Gasteiger partial charge in [-0.2, -0.15) is 4.98 Å². The number of aliphatic hydroxyl groups is 1. The van der Waals surface area contributed by atoms with Crippen LogP contribution in [0, 0.1) is 17.3 Å². The standard InChI is InChI=1S/C19H28N4O6/c1-10(2)9-11(13(24)17(26)22-27)16(25)20-14(19(3,4)5)15-21-18(29-23-15)12-7-6-8-28-12/h6-8,10-11,13-14,24,27H,9H2,1-5H3,(H,20,25)(H,22,26)/t11-,13+,14-/m1/s1. The molecule has 2 rings (SSSR count). The van der Waals surface area contributed by atoms with Gasteiger partial charge in [-0.1, -0.05) is 39.8 Å². The van der Waals surface area contributed by atoms with Crippen molar-refractivity contribution in [2.24, 2.45) is 17.3 Å². The van der Waals surface area contributed by atoms with Crippen molar-refractivity contribution in [2.45, 2.75) is 53.2 Å². The van der Waals surface area contributed by atoms with E-state index in [2.05, 4.69) is 15.5 Å². The summed E-state index contributed by atoms with van der Waals surface area (Å²) in [4.78, 5) is 29.0. The number of aliphatic hydroxyl groups excluding tert-OH is 1. The predicted octanol–water partition coefficient (Wildman–Crippen LogP) is 2.06. The zero-order valence-corrected chi connectivity index (χ0v) is 17.2. The van der Waals surface area contributed by atoms with Gasteiger partial charge in [0.2, 0.25) is 5.91 Å². The third-order valence-electron chi connectivity index (χ3n) is 4.41. The maximum absolute atomic E-state index is 13.0. The fraction of sp³-hybridized carbons (Fsp3) is 0.579. The Labute approximate surface area is 168 Å². The second-order valence-electron chi connectivity index (χ2n) is 8.40. The van der Waals surface area contributed by atoms with E-state index in [0.29, 0.717) is 5.76 Å². The molecule has 0 saturated heterocycles. The molecule has 0 spiro atoms. The Kier molecular flexibility index (Phi) is 7.15. The fourth-order valence-corrected chi connectivity index (χ4v) is 2.91. The summed E-state index contributed by atoms with van der Waals surface area (Å²) >= 11 is 0. The highest BCUT2D eigenvalue weighted by Crippen LogP contribution is 2.33. The molecule has 0 bridgehead atoms. The summed E-state index contributed by atoms with van der Waals surface area (Å²) in [7, 11) is 0. The van der Waals surface area contributed by atoms with E-state index in [-0.39, 0.29) is 24.1 Å². The minimum Gasteiger partial charge on any atom is -0.459 e. The number of nitrogens with one attached hydrogen (secondary N) is 2. The number of aromatic nitrogens is 2. The minimum absolute atomic E-state index is 0.0238. The van der Waals surface area contributed by atoms with Crippen molar-refractivity contribution in [1.29, 1.82) is 0 Å². The van der Waals surface area contributed by atoms with E-state index in [1.165, 1.54) is 11.7 Å². The van der Waals surface area contributed by atoms with Gasteiger partial charge in [-0.15, -0.1) is 0 Å². The van der Waals surface area contributed by atoms with E-state index in [9.17, 15) is 14.7 Å². The molecule has 2 aromatic heterocycles. The topological polar surface area (TPSA) is 151 Å². The first-order valence-corrected chi connectivity index (χ1v) is 9.34. The Morgan fingerprint density at radius 2 is 1.93 bits per heavy atom. The lowest BCUT2D eigenvalue weighted by atomic mass is 9.84. The lowest BCUT2D eigenvalue weighted by Gasteiger charge is -2.31. The van der Waals surface area contributed by atoms with Gasteiger partial charge in [0, 0.05) is 0 Å². The van der Waals surface area contributed by atoms with Crippen LogP contribution < -0.4 is 10.8 Å². The van der Waals surface area contributed by atoms with Crippen LogP contribution in [0.15, 0.2) is 27.3 Å². The number of carbonyl (C=O) groups is 2. The average Bonchev–Trinajstić information content (AvgIpc) is 3.32. The number of hydrogen-bond donors (Lipinski definition) is 4. The maximum atomic E-state index is 13.0. The molecule has 10 heteroatoms. The molecule has 10 nitrogen and oxygen atoms in total. The number of furan rings is 1. The lowest BCUT2D eigenvalue weighted by molar-refractivity contribution is -0.147. The van der Waals surface area contributed by atoms with Crippen LogP contribution in [0.5, 0.6) is 0 Å². The third kappa shape index (κ3) is 5.64. The van der Waals surface area contributed by atoms with Crippen LogP contribution in [0.2, 0.25) is 0 Å². The fourth-order valence-electron chi connectivity index (χ4n) is 2.91. The molecule has 2 heterocycles. The number of amides is 2. The smallest absolute Gasteiger partial charge is 0.293 e. The van der Waals surface area contributed by atoms with Crippen LogP contribution in [-0.2, 0) is 9.59 Å². The van der Waals surface area contributed by atoms with Gasteiger partial charge in [0.1, 0.15) is 6.10 Å². The normalized spacial score (nSPS) is 15.0. The zero-order valence-electron chi connectivity index (χ0n) is 17.2. The molecule has 0 aliphatic carbocycles. The molecular weight excluding hydrogens is 380 g/mol. The molecule has 2 amide bonds. The summed E-state index contributed by atoms with van der Waals surface area (Å²) < 4.78 is 10.5. The third-order valence-corrected chi connectivity index (χ3v) is 4.41. The van der Waals surface area contributed by atoms with Gasteiger partial charge < -0.3 is 19.4 Å². The Bertz CT molecular complexity index is 809. The predicted molar refractivity (Wildman–Crippen MR) is 101 cm³/mol. The van der Waals surface area contributed by atoms with Crippen molar-refractivity contribution in [3.05, 3.63) is 24.2 Å². The highest BCUT2D eigenvalue weighted by molar-refractivity contribution is 5.88. The van der Waals surface area contributed by atoms with Crippen molar-refractivity contribution in [1.82, 2.24) is 20.9 Å². The maximum Gasteiger partial charge on any atom is 0.293 e. The van der Waals surface area contributed by atoms with Crippen LogP contribution in [0.4, 0.5) is 0 Å². The number of nitrogens with zero attached hydrogens (tertiary/aromatic N) is 2. The molecule has 0 unspecified atom stereocenters. The highest BCUT2D eigenvalue weighted by Gasteiger charge is 2.38. The van der Waals surface area contributed by atoms with Gasteiger partial charge in [0.25, 0.3) is 11.8 Å².